The lowest BCUT2D eigenvalue weighted by atomic mass is 10.1. The standard InChI is InChI=1S/C20H19N3O7/c1-2-29-13-6-8-14(9-7-13)30-11-10-21-17(24)12-22-19(25)15-4-3-5-16(23(27)28)18(15)20(22)26/h3-9H,2,10-12H2,1H3,(H,21,24). The van der Waals surface area contributed by atoms with Crippen molar-refractivity contribution in [3.05, 3.63) is 63.7 Å². The van der Waals surface area contributed by atoms with Gasteiger partial charge >= 0.3 is 0 Å². The maximum atomic E-state index is 12.4. The number of hydrogen-bond acceptors (Lipinski definition) is 7. The lowest BCUT2D eigenvalue weighted by Crippen LogP contribution is -2.41. The van der Waals surface area contributed by atoms with Crippen molar-refractivity contribution >= 4 is 23.4 Å². The van der Waals surface area contributed by atoms with E-state index in [0.29, 0.717) is 17.3 Å². The molecule has 1 heterocycles. The van der Waals surface area contributed by atoms with Crippen LogP contribution in [0.1, 0.15) is 27.6 Å². The van der Waals surface area contributed by atoms with Crippen LogP contribution in [0, 0.1) is 10.1 Å². The molecule has 0 aliphatic carbocycles. The molecule has 3 rings (SSSR count). The lowest BCUT2D eigenvalue weighted by molar-refractivity contribution is -0.385. The van der Waals surface area contributed by atoms with E-state index in [9.17, 15) is 24.5 Å². The van der Waals surface area contributed by atoms with Crippen LogP contribution in [0.25, 0.3) is 0 Å². The molecular weight excluding hydrogens is 394 g/mol. The molecule has 2 aromatic carbocycles. The van der Waals surface area contributed by atoms with Crippen LogP contribution in [-0.4, -0.2) is 53.8 Å². The first-order chi connectivity index (χ1) is 14.4. The van der Waals surface area contributed by atoms with E-state index < -0.39 is 34.9 Å². The molecule has 3 amide bonds. The zero-order valence-electron chi connectivity index (χ0n) is 16.1. The predicted molar refractivity (Wildman–Crippen MR) is 105 cm³/mol. The van der Waals surface area contributed by atoms with Gasteiger partial charge in [-0.15, -0.1) is 0 Å². The molecule has 10 heteroatoms. The highest BCUT2D eigenvalue weighted by Crippen LogP contribution is 2.30. The van der Waals surface area contributed by atoms with Gasteiger partial charge in [0, 0.05) is 6.07 Å². The fourth-order valence-electron chi connectivity index (χ4n) is 2.97. The Morgan fingerprint density at radius 1 is 1.07 bits per heavy atom. The number of nitrogens with one attached hydrogen (secondary N) is 1. The van der Waals surface area contributed by atoms with E-state index in [2.05, 4.69) is 5.32 Å². The molecule has 0 bridgehead atoms. The number of ether oxygens (including phenoxy) is 2. The molecular formula is C20H19N3O7. The highest BCUT2D eigenvalue weighted by Gasteiger charge is 2.41. The molecule has 156 valence electrons. The van der Waals surface area contributed by atoms with Gasteiger partial charge in [0.25, 0.3) is 17.5 Å². The van der Waals surface area contributed by atoms with E-state index in [4.69, 9.17) is 9.47 Å². The van der Waals surface area contributed by atoms with Crippen LogP contribution in [0.3, 0.4) is 0 Å². The summed E-state index contributed by atoms with van der Waals surface area (Å²) in [6.07, 6.45) is 0. The third-order valence-electron chi connectivity index (χ3n) is 4.30. The number of carbonyl (C=O) groups excluding carboxylic acids is 3. The van der Waals surface area contributed by atoms with E-state index in [-0.39, 0.29) is 24.3 Å². The first-order valence-electron chi connectivity index (χ1n) is 9.18. The largest absolute Gasteiger partial charge is 0.494 e. The molecule has 0 saturated heterocycles. The first-order valence-corrected chi connectivity index (χ1v) is 9.18. The third-order valence-corrected chi connectivity index (χ3v) is 4.30. The fraction of sp³-hybridized carbons (Fsp3) is 0.250. The van der Waals surface area contributed by atoms with Gasteiger partial charge in [0.2, 0.25) is 5.91 Å². The van der Waals surface area contributed by atoms with Crippen molar-refractivity contribution in [1.82, 2.24) is 10.2 Å². The minimum atomic E-state index is -0.858. The molecule has 10 nitrogen and oxygen atoms in total. The van der Waals surface area contributed by atoms with Crippen molar-refractivity contribution in [2.45, 2.75) is 6.92 Å². The van der Waals surface area contributed by atoms with E-state index in [1.807, 2.05) is 6.92 Å². The summed E-state index contributed by atoms with van der Waals surface area (Å²) in [5.74, 6) is -0.857. The number of imide groups is 1. The molecule has 1 aliphatic heterocycles. The Morgan fingerprint density at radius 2 is 1.73 bits per heavy atom. The van der Waals surface area contributed by atoms with Crippen molar-refractivity contribution in [3.8, 4) is 11.5 Å². The first kappa shape index (κ1) is 20.8. The van der Waals surface area contributed by atoms with Gasteiger partial charge in [0.1, 0.15) is 30.2 Å². The molecule has 2 aromatic rings. The Bertz CT molecular complexity index is 988. The van der Waals surface area contributed by atoms with Crippen LogP contribution in [0.4, 0.5) is 5.69 Å². The minimum Gasteiger partial charge on any atom is -0.494 e. The van der Waals surface area contributed by atoms with Crippen LogP contribution in [-0.2, 0) is 4.79 Å². The molecule has 0 radical (unpaired) electrons. The third kappa shape index (κ3) is 4.37. The highest BCUT2D eigenvalue weighted by atomic mass is 16.6. The van der Waals surface area contributed by atoms with Crippen molar-refractivity contribution < 1.29 is 28.8 Å². The molecule has 0 atom stereocenters. The average Bonchev–Trinajstić information content (AvgIpc) is 2.97. The number of nitro benzene ring substituents is 1. The normalized spacial score (nSPS) is 12.5. The van der Waals surface area contributed by atoms with Crippen LogP contribution < -0.4 is 14.8 Å². The summed E-state index contributed by atoms with van der Waals surface area (Å²) < 4.78 is 10.8. The number of nitro groups is 1. The minimum absolute atomic E-state index is 0.0826. The van der Waals surface area contributed by atoms with E-state index >= 15 is 0 Å². The van der Waals surface area contributed by atoms with Crippen molar-refractivity contribution in [2.75, 3.05) is 26.3 Å². The molecule has 30 heavy (non-hydrogen) atoms. The summed E-state index contributed by atoms with van der Waals surface area (Å²) >= 11 is 0. The predicted octanol–water partition coefficient (Wildman–Crippen LogP) is 1.78. The number of nitrogens with zero attached hydrogens (tertiary/aromatic N) is 2. The van der Waals surface area contributed by atoms with Crippen LogP contribution in [0.5, 0.6) is 11.5 Å². The van der Waals surface area contributed by atoms with Gasteiger partial charge in [0.15, 0.2) is 0 Å². The molecule has 1 aliphatic rings. The molecule has 1 N–H and O–H groups in total. The summed E-state index contributed by atoms with van der Waals surface area (Å²) in [4.78, 5) is 48.0. The number of rotatable bonds is 9. The van der Waals surface area contributed by atoms with Crippen LogP contribution in [0.15, 0.2) is 42.5 Å². The molecule has 0 spiro atoms. The van der Waals surface area contributed by atoms with Crippen LogP contribution >= 0.6 is 0 Å². The topological polar surface area (TPSA) is 128 Å². The SMILES string of the molecule is CCOc1ccc(OCCNC(=O)CN2C(=O)c3cccc([N+](=O)[O-])c3C2=O)cc1. The zero-order valence-corrected chi connectivity index (χ0v) is 16.1. The maximum absolute atomic E-state index is 12.4. The van der Waals surface area contributed by atoms with Gasteiger partial charge in [-0.2, -0.15) is 0 Å². The number of carbonyl (C=O) groups is 3. The second-order valence-corrected chi connectivity index (χ2v) is 6.26. The highest BCUT2D eigenvalue weighted by molar-refractivity contribution is 6.24. The Hall–Kier alpha value is -3.95. The van der Waals surface area contributed by atoms with Crippen molar-refractivity contribution in [2.24, 2.45) is 0 Å². The second kappa shape index (κ2) is 9.03. The summed E-state index contributed by atoms with van der Waals surface area (Å²) in [5.41, 5.74) is -0.836. The monoisotopic (exact) mass is 413 g/mol. The number of hydrogen-bond donors (Lipinski definition) is 1. The summed E-state index contributed by atoms with van der Waals surface area (Å²) in [6, 6.07) is 10.8. The second-order valence-electron chi connectivity index (χ2n) is 6.26. The van der Waals surface area contributed by atoms with Gasteiger partial charge in [-0.3, -0.25) is 29.4 Å². The Labute approximate surface area is 171 Å². The maximum Gasteiger partial charge on any atom is 0.282 e. The number of fused-ring (bicyclic) bond motifs is 1. The van der Waals surface area contributed by atoms with Gasteiger partial charge in [-0.1, -0.05) is 6.07 Å². The van der Waals surface area contributed by atoms with Gasteiger partial charge in [-0.25, -0.2) is 0 Å². The Morgan fingerprint density at radius 3 is 2.37 bits per heavy atom. The lowest BCUT2D eigenvalue weighted by Gasteiger charge is -2.14. The van der Waals surface area contributed by atoms with Gasteiger partial charge in [0.05, 0.1) is 23.6 Å². The van der Waals surface area contributed by atoms with E-state index in [1.54, 1.807) is 24.3 Å². The fourth-order valence-corrected chi connectivity index (χ4v) is 2.97. The Kier molecular flexibility index (Phi) is 6.26. The molecule has 0 unspecified atom stereocenters. The number of benzene rings is 2. The zero-order chi connectivity index (χ0) is 21.7. The van der Waals surface area contributed by atoms with Crippen molar-refractivity contribution in [3.63, 3.8) is 0 Å². The van der Waals surface area contributed by atoms with Gasteiger partial charge < -0.3 is 14.8 Å². The molecule has 0 saturated carbocycles. The van der Waals surface area contributed by atoms with Gasteiger partial charge in [-0.05, 0) is 37.3 Å². The summed E-state index contributed by atoms with van der Waals surface area (Å²) in [7, 11) is 0. The quantitative estimate of drug-likeness (QED) is 0.287. The summed E-state index contributed by atoms with van der Waals surface area (Å²) in [6.45, 7) is 2.23. The summed E-state index contributed by atoms with van der Waals surface area (Å²) in [5, 5.41) is 13.7. The van der Waals surface area contributed by atoms with E-state index in [1.165, 1.54) is 12.1 Å². The molecule has 0 aromatic heterocycles. The smallest absolute Gasteiger partial charge is 0.282 e. The molecule has 0 fully saturated rings. The average molecular weight is 413 g/mol. The van der Waals surface area contributed by atoms with Crippen molar-refractivity contribution in [1.29, 1.82) is 0 Å². The Balaban J connectivity index is 1.50. The number of amides is 3. The van der Waals surface area contributed by atoms with E-state index in [0.717, 1.165) is 11.8 Å². The van der Waals surface area contributed by atoms with Crippen LogP contribution in [0.2, 0.25) is 0 Å².